The maximum absolute atomic E-state index is 7.46. The Morgan fingerprint density at radius 1 is 0.333 bits per heavy atom. The normalized spacial score (nSPS) is 13.0. The van der Waals surface area contributed by atoms with Gasteiger partial charge in [0.2, 0.25) is 0 Å². The molecule has 0 fully saturated rings. The second-order valence-electron chi connectivity index (χ2n) is 8.38. The van der Waals surface area contributed by atoms with Crippen molar-refractivity contribution in [2.45, 2.75) is 10.2 Å². The molecule has 36 heavy (non-hydrogen) atoms. The number of rotatable bonds is 8. The van der Waals surface area contributed by atoms with Crippen LogP contribution in [0.5, 0.6) is 0 Å². The van der Waals surface area contributed by atoms with Crippen LogP contribution in [0.25, 0.3) is 0 Å². The molecule has 0 spiro atoms. The van der Waals surface area contributed by atoms with Gasteiger partial charge < -0.3 is 0 Å². The first kappa shape index (κ1) is 25.2. The van der Waals surface area contributed by atoms with Gasteiger partial charge in [0, 0.05) is 0 Å². The lowest BCUT2D eigenvalue weighted by molar-refractivity contribution is 1.22. The molecule has 0 aliphatic heterocycles. The van der Waals surface area contributed by atoms with Crippen molar-refractivity contribution in [3.63, 3.8) is 0 Å². The number of hydrogen-bond acceptors (Lipinski definition) is 0. The zero-order valence-electron chi connectivity index (χ0n) is 19.7. The summed E-state index contributed by atoms with van der Waals surface area (Å²) in [5.74, 6) is 0. The highest BCUT2D eigenvalue weighted by molar-refractivity contribution is 7.75. The highest BCUT2D eigenvalue weighted by Crippen LogP contribution is 2.58. The molecule has 0 saturated carbocycles. The molecule has 0 saturated heterocycles. The molecule has 0 bridgehead atoms. The summed E-state index contributed by atoms with van der Waals surface area (Å²) in [5.41, 5.74) is 2.22. The van der Waals surface area contributed by atoms with Gasteiger partial charge in [0.15, 0.2) is 0 Å². The third kappa shape index (κ3) is 5.59. The summed E-state index contributed by atoms with van der Waals surface area (Å²) in [5, 5.41) is 4.60. The van der Waals surface area contributed by atoms with Crippen LogP contribution in [0, 0.1) is 0 Å². The Bertz CT molecular complexity index is 1180. The molecule has 2 unspecified atom stereocenters. The second kappa shape index (κ2) is 12.2. The van der Waals surface area contributed by atoms with Crippen LogP contribution in [0.3, 0.4) is 0 Å². The van der Waals surface area contributed by atoms with Gasteiger partial charge >= 0.3 is 0 Å². The van der Waals surface area contributed by atoms with E-state index >= 15 is 0 Å². The van der Waals surface area contributed by atoms with Gasteiger partial charge in [0.05, 0.1) is 10.2 Å². The zero-order chi connectivity index (χ0) is 24.7. The molecule has 0 aliphatic rings. The lowest BCUT2D eigenvalue weighted by Gasteiger charge is -2.30. The van der Waals surface area contributed by atoms with Gasteiger partial charge in [-0.2, -0.15) is 0 Å². The van der Waals surface area contributed by atoms with Crippen molar-refractivity contribution in [2.24, 2.45) is 0 Å². The highest BCUT2D eigenvalue weighted by Gasteiger charge is 2.31. The quantitative estimate of drug-likeness (QED) is 0.136. The van der Waals surface area contributed by atoms with Crippen molar-refractivity contribution in [3.8, 4) is 0 Å². The number of hydrogen-bond donors (Lipinski definition) is 0. The van der Waals surface area contributed by atoms with Crippen molar-refractivity contribution < 1.29 is 0 Å². The molecule has 0 heterocycles. The molecule has 0 aliphatic carbocycles. The molecular weight excluding hydrogens is 517 g/mol. The van der Waals surface area contributed by atoms with Gasteiger partial charge in [-0.25, -0.2) is 0 Å². The number of halogens is 2. The SMILES string of the molecule is ClC(c1ccccc1C(Cl)P(c1ccccc1)c1ccccc1)P(c1ccccc1)c1ccccc1. The molecule has 0 amide bonds. The minimum atomic E-state index is -0.843. The number of benzene rings is 5. The Hall–Kier alpha value is -2.46. The summed E-state index contributed by atoms with van der Waals surface area (Å²) in [6.07, 6.45) is 0. The summed E-state index contributed by atoms with van der Waals surface area (Å²) in [6.45, 7) is 0. The Kier molecular flexibility index (Phi) is 8.53. The van der Waals surface area contributed by atoms with Gasteiger partial charge in [-0.05, 0) is 48.2 Å². The van der Waals surface area contributed by atoms with E-state index in [-0.39, 0.29) is 10.2 Å². The smallest absolute Gasteiger partial charge is 0.0866 e. The first-order valence-corrected chi connectivity index (χ1v) is 15.6. The third-order valence-electron chi connectivity index (χ3n) is 6.10. The van der Waals surface area contributed by atoms with Gasteiger partial charge in [0.25, 0.3) is 0 Å². The maximum Gasteiger partial charge on any atom is 0.0866 e. The van der Waals surface area contributed by atoms with E-state index < -0.39 is 15.8 Å². The summed E-state index contributed by atoms with van der Waals surface area (Å²) >= 11 is 14.9. The van der Waals surface area contributed by atoms with Crippen molar-refractivity contribution in [1.82, 2.24) is 0 Å². The van der Waals surface area contributed by atoms with Crippen LogP contribution >= 0.6 is 39.0 Å². The van der Waals surface area contributed by atoms with E-state index in [2.05, 4.69) is 146 Å². The Morgan fingerprint density at radius 3 is 0.806 bits per heavy atom. The van der Waals surface area contributed by atoms with Crippen molar-refractivity contribution in [2.75, 3.05) is 0 Å². The number of alkyl halides is 2. The van der Waals surface area contributed by atoms with Crippen molar-refractivity contribution in [3.05, 3.63) is 157 Å². The third-order valence-corrected chi connectivity index (χ3v) is 12.6. The monoisotopic (exact) mass is 542 g/mol. The standard InChI is InChI=1S/C32H26Cl2P2/c33-31(35(25-15-5-1-6-16-25)26-17-7-2-8-18-26)29-23-13-14-24-30(29)32(34)36(27-19-9-3-10-20-27)28-21-11-4-12-22-28/h1-24,31-32H. The van der Waals surface area contributed by atoms with Crippen LogP contribution < -0.4 is 21.2 Å². The molecule has 4 heteroatoms. The first-order chi connectivity index (χ1) is 17.7. The largest absolute Gasteiger partial charge is 0.112 e. The zero-order valence-corrected chi connectivity index (χ0v) is 23.0. The van der Waals surface area contributed by atoms with Crippen LogP contribution in [0.2, 0.25) is 0 Å². The lowest BCUT2D eigenvalue weighted by atomic mass is 10.1. The van der Waals surface area contributed by atoms with Gasteiger partial charge in [0.1, 0.15) is 0 Å². The van der Waals surface area contributed by atoms with E-state index in [1.807, 2.05) is 0 Å². The van der Waals surface area contributed by atoms with E-state index in [4.69, 9.17) is 23.2 Å². The fourth-order valence-corrected chi connectivity index (χ4v) is 10.8. The second-order valence-corrected chi connectivity index (χ2v) is 14.4. The van der Waals surface area contributed by atoms with Gasteiger partial charge in [-0.15, -0.1) is 23.2 Å². The summed E-state index contributed by atoms with van der Waals surface area (Å²) in [4.78, 5) is 0. The van der Waals surface area contributed by atoms with Crippen LogP contribution in [-0.2, 0) is 0 Å². The Balaban J connectivity index is 1.60. The van der Waals surface area contributed by atoms with E-state index in [1.54, 1.807) is 0 Å². The summed E-state index contributed by atoms with van der Waals surface area (Å²) in [7, 11) is -1.69. The molecule has 2 atom stereocenters. The molecule has 0 nitrogen and oxygen atoms in total. The predicted molar refractivity (Wildman–Crippen MR) is 162 cm³/mol. The summed E-state index contributed by atoms with van der Waals surface area (Å²) < 4.78 is 0. The van der Waals surface area contributed by atoms with Gasteiger partial charge in [-0.3, -0.25) is 0 Å². The van der Waals surface area contributed by atoms with Crippen LogP contribution in [0.1, 0.15) is 21.4 Å². The topological polar surface area (TPSA) is 0 Å². The Morgan fingerprint density at radius 2 is 0.556 bits per heavy atom. The summed E-state index contributed by atoms with van der Waals surface area (Å²) in [6, 6.07) is 51.0. The highest BCUT2D eigenvalue weighted by atomic mass is 35.5. The van der Waals surface area contributed by atoms with Crippen LogP contribution in [-0.4, -0.2) is 0 Å². The molecule has 0 radical (unpaired) electrons. The lowest BCUT2D eigenvalue weighted by Crippen LogP contribution is -2.17. The van der Waals surface area contributed by atoms with Crippen molar-refractivity contribution >= 4 is 60.3 Å². The fraction of sp³-hybridized carbons (Fsp3) is 0.0625. The van der Waals surface area contributed by atoms with Crippen molar-refractivity contribution in [1.29, 1.82) is 0 Å². The predicted octanol–water partition coefficient (Wildman–Crippen LogP) is 8.43. The molecule has 5 aromatic rings. The first-order valence-electron chi connectivity index (χ1n) is 11.9. The van der Waals surface area contributed by atoms with E-state index in [0.29, 0.717) is 0 Å². The minimum Gasteiger partial charge on any atom is -0.112 e. The molecular formula is C32H26Cl2P2. The van der Waals surface area contributed by atoms with E-state index in [1.165, 1.54) is 21.2 Å². The molecule has 5 aromatic carbocycles. The minimum absolute atomic E-state index is 0.217. The average molecular weight is 543 g/mol. The fourth-order valence-electron chi connectivity index (χ4n) is 4.40. The van der Waals surface area contributed by atoms with E-state index in [0.717, 1.165) is 11.1 Å². The van der Waals surface area contributed by atoms with Crippen LogP contribution in [0.15, 0.2) is 146 Å². The van der Waals surface area contributed by atoms with Crippen LogP contribution in [0.4, 0.5) is 0 Å². The molecule has 178 valence electrons. The molecule has 0 aromatic heterocycles. The Labute approximate surface area is 226 Å². The maximum atomic E-state index is 7.46. The molecule has 0 N–H and O–H groups in total. The van der Waals surface area contributed by atoms with E-state index in [9.17, 15) is 0 Å². The molecule has 5 rings (SSSR count). The average Bonchev–Trinajstić information content (AvgIpc) is 2.95. The van der Waals surface area contributed by atoms with Gasteiger partial charge in [-0.1, -0.05) is 146 Å².